The van der Waals surface area contributed by atoms with E-state index in [0.717, 1.165) is 0 Å². The van der Waals surface area contributed by atoms with Gasteiger partial charge in [0, 0.05) is 19.2 Å². The van der Waals surface area contributed by atoms with Crippen molar-refractivity contribution in [2.45, 2.75) is 50.8 Å². The molecule has 0 amide bonds. The molecule has 1 heterocycles. The number of thiophene rings is 1. The van der Waals surface area contributed by atoms with Crippen LogP contribution in [0.4, 0.5) is 0 Å². The van der Waals surface area contributed by atoms with E-state index in [9.17, 15) is 0 Å². The third-order valence-corrected chi connectivity index (χ3v) is 4.24. The molecule has 1 atom stereocenters. The summed E-state index contributed by atoms with van der Waals surface area (Å²) in [4.78, 5) is 0. The molecule has 0 aliphatic heterocycles. The Morgan fingerprint density at radius 2 is 2.12 bits per heavy atom. The minimum atomic E-state index is 0.482. The van der Waals surface area contributed by atoms with Gasteiger partial charge >= 0.3 is 0 Å². The summed E-state index contributed by atoms with van der Waals surface area (Å²) in [5.41, 5.74) is 1.42. The van der Waals surface area contributed by atoms with Gasteiger partial charge in [-0.05, 0) is 55.0 Å². The van der Waals surface area contributed by atoms with E-state index in [1.165, 1.54) is 31.2 Å². The summed E-state index contributed by atoms with van der Waals surface area (Å²) in [7, 11) is 1.83. The molecular formula is C13H21NOS. The zero-order valence-corrected chi connectivity index (χ0v) is 10.9. The molecule has 0 spiro atoms. The third kappa shape index (κ3) is 3.06. The van der Waals surface area contributed by atoms with Crippen molar-refractivity contribution in [3.63, 3.8) is 0 Å². The van der Waals surface area contributed by atoms with Crippen molar-refractivity contribution in [2.75, 3.05) is 7.11 Å². The summed E-state index contributed by atoms with van der Waals surface area (Å²) >= 11 is 1.77. The van der Waals surface area contributed by atoms with Crippen LogP contribution >= 0.6 is 11.3 Å². The molecule has 0 aromatic carbocycles. The zero-order valence-electron chi connectivity index (χ0n) is 10.1. The number of hydrogen-bond acceptors (Lipinski definition) is 3. The average molecular weight is 239 g/mol. The SMILES string of the molecule is COC1CCC(NC(C)c2ccsc2)CC1. The predicted octanol–water partition coefficient (Wildman–Crippen LogP) is 3.36. The van der Waals surface area contributed by atoms with Crippen molar-refractivity contribution in [1.29, 1.82) is 0 Å². The molecule has 1 fully saturated rings. The van der Waals surface area contributed by atoms with Crippen LogP contribution in [0.15, 0.2) is 16.8 Å². The summed E-state index contributed by atoms with van der Waals surface area (Å²) in [5, 5.41) is 8.10. The van der Waals surface area contributed by atoms with Gasteiger partial charge in [0.1, 0.15) is 0 Å². The monoisotopic (exact) mass is 239 g/mol. The van der Waals surface area contributed by atoms with Gasteiger partial charge in [0.05, 0.1) is 6.10 Å². The molecule has 0 bridgehead atoms. The summed E-state index contributed by atoms with van der Waals surface area (Å²) < 4.78 is 5.39. The van der Waals surface area contributed by atoms with Gasteiger partial charge in [-0.25, -0.2) is 0 Å². The Hall–Kier alpha value is -0.380. The highest BCUT2D eigenvalue weighted by atomic mass is 32.1. The Morgan fingerprint density at radius 1 is 1.38 bits per heavy atom. The van der Waals surface area contributed by atoms with E-state index in [2.05, 4.69) is 29.1 Å². The normalized spacial score (nSPS) is 27.9. The van der Waals surface area contributed by atoms with Crippen LogP contribution in [-0.2, 0) is 4.74 Å². The lowest BCUT2D eigenvalue weighted by molar-refractivity contribution is 0.0614. The van der Waals surface area contributed by atoms with E-state index < -0.39 is 0 Å². The lowest BCUT2D eigenvalue weighted by Gasteiger charge is -2.30. The van der Waals surface area contributed by atoms with Crippen molar-refractivity contribution >= 4 is 11.3 Å². The van der Waals surface area contributed by atoms with Gasteiger partial charge in [0.25, 0.3) is 0 Å². The van der Waals surface area contributed by atoms with Crippen molar-refractivity contribution in [3.8, 4) is 0 Å². The molecule has 2 nitrogen and oxygen atoms in total. The Balaban J connectivity index is 1.78. The van der Waals surface area contributed by atoms with Crippen LogP contribution in [0.3, 0.4) is 0 Å². The number of nitrogens with one attached hydrogen (secondary N) is 1. The van der Waals surface area contributed by atoms with Crippen LogP contribution in [0, 0.1) is 0 Å². The molecule has 2 rings (SSSR count). The number of methoxy groups -OCH3 is 1. The maximum absolute atomic E-state index is 5.39. The van der Waals surface area contributed by atoms with Crippen LogP contribution in [-0.4, -0.2) is 19.3 Å². The molecule has 1 aromatic heterocycles. The van der Waals surface area contributed by atoms with Crippen LogP contribution in [0.25, 0.3) is 0 Å². The molecule has 1 aliphatic carbocycles. The van der Waals surface area contributed by atoms with Crippen LogP contribution in [0.1, 0.15) is 44.2 Å². The first-order valence-corrected chi connectivity index (χ1v) is 7.05. The van der Waals surface area contributed by atoms with Crippen molar-refractivity contribution in [2.24, 2.45) is 0 Å². The minimum Gasteiger partial charge on any atom is -0.381 e. The Labute approximate surface area is 102 Å². The highest BCUT2D eigenvalue weighted by Gasteiger charge is 2.22. The summed E-state index contributed by atoms with van der Waals surface area (Å²) in [6, 6.07) is 3.36. The molecule has 0 saturated heterocycles. The highest BCUT2D eigenvalue weighted by molar-refractivity contribution is 7.07. The minimum absolute atomic E-state index is 0.482. The molecule has 1 unspecified atom stereocenters. The molecular weight excluding hydrogens is 218 g/mol. The fourth-order valence-electron chi connectivity index (χ4n) is 2.44. The first-order chi connectivity index (χ1) is 7.79. The smallest absolute Gasteiger partial charge is 0.0572 e. The van der Waals surface area contributed by atoms with Gasteiger partial charge in [-0.15, -0.1) is 0 Å². The van der Waals surface area contributed by atoms with Crippen molar-refractivity contribution < 1.29 is 4.74 Å². The third-order valence-electron chi connectivity index (χ3n) is 3.54. The lowest BCUT2D eigenvalue weighted by atomic mass is 9.92. The molecule has 1 aliphatic rings. The predicted molar refractivity (Wildman–Crippen MR) is 68.9 cm³/mol. The van der Waals surface area contributed by atoms with Gasteiger partial charge < -0.3 is 10.1 Å². The van der Waals surface area contributed by atoms with E-state index in [1.54, 1.807) is 11.3 Å². The summed E-state index contributed by atoms with van der Waals surface area (Å²) in [5.74, 6) is 0. The number of rotatable bonds is 4. The van der Waals surface area contributed by atoms with E-state index in [0.29, 0.717) is 18.2 Å². The van der Waals surface area contributed by atoms with Gasteiger partial charge in [0.15, 0.2) is 0 Å². The quantitative estimate of drug-likeness (QED) is 0.870. The Bertz CT molecular complexity index is 291. The van der Waals surface area contributed by atoms with Gasteiger partial charge in [0.2, 0.25) is 0 Å². The fourth-order valence-corrected chi connectivity index (χ4v) is 3.19. The largest absolute Gasteiger partial charge is 0.381 e. The first-order valence-electron chi connectivity index (χ1n) is 6.10. The van der Waals surface area contributed by atoms with E-state index in [1.807, 2.05) is 7.11 Å². The van der Waals surface area contributed by atoms with E-state index in [4.69, 9.17) is 4.74 Å². The maximum Gasteiger partial charge on any atom is 0.0572 e. The zero-order chi connectivity index (χ0) is 11.4. The first kappa shape index (κ1) is 12.1. The molecule has 90 valence electrons. The van der Waals surface area contributed by atoms with Crippen LogP contribution < -0.4 is 5.32 Å². The molecule has 0 radical (unpaired) electrons. The average Bonchev–Trinajstić information content (AvgIpc) is 2.83. The highest BCUT2D eigenvalue weighted by Crippen LogP contribution is 2.24. The second kappa shape index (κ2) is 5.80. The second-order valence-corrected chi connectivity index (χ2v) is 5.43. The van der Waals surface area contributed by atoms with Crippen molar-refractivity contribution in [3.05, 3.63) is 22.4 Å². The van der Waals surface area contributed by atoms with Gasteiger partial charge in [-0.1, -0.05) is 0 Å². The fraction of sp³-hybridized carbons (Fsp3) is 0.692. The topological polar surface area (TPSA) is 21.3 Å². The molecule has 1 N–H and O–H groups in total. The molecule has 3 heteroatoms. The maximum atomic E-state index is 5.39. The summed E-state index contributed by atoms with van der Waals surface area (Å²) in [6.07, 6.45) is 5.38. The van der Waals surface area contributed by atoms with Crippen molar-refractivity contribution in [1.82, 2.24) is 5.32 Å². The standard InChI is InChI=1S/C13H21NOS/c1-10(11-7-8-16-9-11)14-12-3-5-13(15-2)6-4-12/h7-10,12-14H,3-6H2,1-2H3. The lowest BCUT2D eigenvalue weighted by Crippen LogP contribution is -2.36. The Kier molecular flexibility index (Phi) is 4.38. The second-order valence-electron chi connectivity index (χ2n) is 4.65. The van der Waals surface area contributed by atoms with Gasteiger partial charge in [-0.3, -0.25) is 0 Å². The van der Waals surface area contributed by atoms with Crippen LogP contribution in [0.2, 0.25) is 0 Å². The Morgan fingerprint density at radius 3 is 2.69 bits per heavy atom. The molecule has 1 saturated carbocycles. The molecule has 16 heavy (non-hydrogen) atoms. The van der Waals surface area contributed by atoms with Gasteiger partial charge in [-0.2, -0.15) is 11.3 Å². The summed E-state index contributed by atoms with van der Waals surface area (Å²) in [6.45, 7) is 2.25. The number of ether oxygens (including phenoxy) is 1. The van der Waals surface area contributed by atoms with E-state index >= 15 is 0 Å². The number of hydrogen-bond donors (Lipinski definition) is 1. The molecule has 1 aromatic rings. The van der Waals surface area contributed by atoms with E-state index in [-0.39, 0.29) is 0 Å². The van der Waals surface area contributed by atoms with Crippen LogP contribution in [0.5, 0.6) is 0 Å².